The molecule has 0 heterocycles. The van der Waals surface area contributed by atoms with Crippen LogP contribution in [0.1, 0.15) is 36.0 Å². The van der Waals surface area contributed by atoms with Crippen LogP contribution in [0.3, 0.4) is 0 Å². The smallest absolute Gasteiger partial charge is 0.00698 e. The SMILES string of the molecule is C=C(SC)c1ccc2c(c1)CCC2C. The monoisotopic (exact) mass is 204 g/mol. The third kappa shape index (κ3) is 1.61. The van der Waals surface area contributed by atoms with Crippen molar-refractivity contribution in [2.45, 2.75) is 25.7 Å². The van der Waals surface area contributed by atoms with Crippen molar-refractivity contribution in [3.8, 4) is 0 Å². The van der Waals surface area contributed by atoms with Crippen LogP contribution in [0.5, 0.6) is 0 Å². The van der Waals surface area contributed by atoms with Crippen LogP contribution in [0.4, 0.5) is 0 Å². The highest BCUT2D eigenvalue weighted by Crippen LogP contribution is 2.35. The van der Waals surface area contributed by atoms with E-state index >= 15 is 0 Å². The maximum Gasteiger partial charge on any atom is 0.00698 e. The fourth-order valence-electron chi connectivity index (χ4n) is 2.12. The molecule has 0 radical (unpaired) electrons. The Kier molecular flexibility index (Phi) is 2.69. The van der Waals surface area contributed by atoms with Gasteiger partial charge in [0, 0.05) is 4.91 Å². The van der Waals surface area contributed by atoms with Crippen LogP contribution in [-0.2, 0) is 6.42 Å². The van der Waals surface area contributed by atoms with Crippen molar-refractivity contribution >= 4 is 16.7 Å². The molecule has 0 aromatic heterocycles. The quantitative estimate of drug-likeness (QED) is 0.699. The van der Waals surface area contributed by atoms with Crippen molar-refractivity contribution in [3.63, 3.8) is 0 Å². The van der Waals surface area contributed by atoms with E-state index in [0.29, 0.717) is 0 Å². The molecule has 1 aromatic carbocycles. The second-order valence-electron chi connectivity index (χ2n) is 3.98. The van der Waals surface area contributed by atoms with Gasteiger partial charge in [0.15, 0.2) is 0 Å². The zero-order valence-corrected chi connectivity index (χ0v) is 9.66. The largest absolute Gasteiger partial charge is 0.130 e. The first-order chi connectivity index (χ1) is 6.72. The molecule has 0 N–H and O–H groups in total. The first-order valence-electron chi connectivity index (χ1n) is 5.08. The fourth-order valence-corrected chi connectivity index (χ4v) is 2.48. The number of benzene rings is 1. The molecule has 0 bridgehead atoms. The molecule has 0 fully saturated rings. The van der Waals surface area contributed by atoms with Crippen LogP contribution < -0.4 is 0 Å². The average molecular weight is 204 g/mol. The van der Waals surface area contributed by atoms with Crippen LogP contribution in [-0.4, -0.2) is 6.26 Å². The predicted octanol–water partition coefficient (Wildman–Crippen LogP) is 4.07. The molecule has 1 atom stereocenters. The van der Waals surface area contributed by atoms with Crippen molar-refractivity contribution in [1.82, 2.24) is 0 Å². The van der Waals surface area contributed by atoms with Crippen molar-refractivity contribution in [1.29, 1.82) is 0 Å². The third-order valence-electron chi connectivity index (χ3n) is 3.09. The van der Waals surface area contributed by atoms with Gasteiger partial charge >= 0.3 is 0 Å². The number of hydrogen-bond donors (Lipinski definition) is 0. The molecule has 1 aliphatic rings. The lowest BCUT2D eigenvalue weighted by Crippen LogP contribution is -1.87. The molecule has 0 amide bonds. The lowest BCUT2D eigenvalue weighted by atomic mass is 10.0. The maximum absolute atomic E-state index is 4.05. The normalized spacial score (nSPS) is 19.4. The minimum Gasteiger partial charge on any atom is -0.130 e. The van der Waals surface area contributed by atoms with E-state index < -0.39 is 0 Å². The zero-order valence-electron chi connectivity index (χ0n) is 8.84. The maximum atomic E-state index is 4.05. The molecule has 14 heavy (non-hydrogen) atoms. The number of fused-ring (bicyclic) bond motifs is 1. The molecule has 1 aliphatic carbocycles. The molecule has 1 unspecified atom stereocenters. The minimum atomic E-state index is 0.751. The van der Waals surface area contributed by atoms with E-state index in [1.165, 1.54) is 28.9 Å². The number of thioether (sulfide) groups is 1. The molecule has 0 saturated carbocycles. The fraction of sp³-hybridized carbons (Fsp3) is 0.385. The molecule has 0 nitrogen and oxygen atoms in total. The first-order valence-corrected chi connectivity index (χ1v) is 6.31. The molecule has 1 aromatic rings. The number of hydrogen-bond acceptors (Lipinski definition) is 1. The standard InChI is InChI=1S/C13H16S/c1-9-4-5-12-8-11(10(2)14-3)6-7-13(9)12/h6-9H,2,4-5H2,1,3H3. The molecule has 2 rings (SSSR count). The van der Waals surface area contributed by atoms with E-state index in [4.69, 9.17) is 0 Å². The summed E-state index contributed by atoms with van der Waals surface area (Å²) in [4.78, 5) is 1.17. The lowest BCUT2D eigenvalue weighted by molar-refractivity contribution is 0.747. The van der Waals surface area contributed by atoms with Gasteiger partial charge in [-0.25, -0.2) is 0 Å². The van der Waals surface area contributed by atoms with Gasteiger partial charge in [-0.3, -0.25) is 0 Å². The number of rotatable bonds is 2. The van der Waals surface area contributed by atoms with Gasteiger partial charge in [-0.15, -0.1) is 11.8 Å². The summed E-state index contributed by atoms with van der Waals surface area (Å²) in [7, 11) is 0. The van der Waals surface area contributed by atoms with Gasteiger partial charge in [-0.2, -0.15) is 0 Å². The highest BCUT2D eigenvalue weighted by molar-refractivity contribution is 8.07. The number of aryl methyl sites for hydroxylation is 1. The summed E-state index contributed by atoms with van der Waals surface area (Å²) in [5.74, 6) is 0.751. The van der Waals surface area contributed by atoms with Crippen LogP contribution in [0, 0.1) is 0 Å². The summed E-state index contributed by atoms with van der Waals surface area (Å²) in [6.07, 6.45) is 4.63. The van der Waals surface area contributed by atoms with Gasteiger partial charge in [-0.1, -0.05) is 31.7 Å². The average Bonchev–Trinajstić information content (AvgIpc) is 2.59. The summed E-state index contributed by atoms with van der Waals surface area (Å²) >= 11 is 1.73. The van der Waals surface area contributed by atoms with Crippen molar-refractivity contribution in [3.05, 3.63) is 41.5 Å². The summed E-state index contributed by atoms with van der Waals surface area (Å²) in [5, 5.41) is 0. The van der Waals surface area contributed by atoms with E-state index in [0.717, 1.165) is 5.92 Å². The van der Waals surface area contributed by atoms with E-state index in [-0.39, 0.29) is 0 Å². The van der Waals surface area contributed by atoms with Gasteiger partial charge in [0.2, 0.25) is 0 Å². The molecular weight excluding hydrogens is 188 g/mol. The second-order valence-corrected chi connectivity index (χ2v) is 4.88. The molecule has 0 spiro atoms. The topological polar surface area (TPSA) is 0 Å². The zero-order chi connectivity index (χ0) is 10.1. The van der Waals surface area contributed by atoms with E-state index in [2.05, 4.69) is 38.0 Å². The summed E-state index contributed by atoms with van der Waals surface area (Å²) in [5.41, 5.74) is 4.37. The van der Waals surface area contributed by atoms with Crippen LogP contribution in [0.2, 0.25) is 0 Å². The Bertz CT molecular complexity index is 365. The Balaban J connectivity index is 2.37. The first kappa shape index (κ1) is 9.85. The van der Waals surface area contributed by atoms with E-state index in [9.17, 15) is 0 Å². The van der Waals surface area contributed by atoms with Gasteiger partial charge in [0.1, 0.15) is 0 Å². The third-order valence-corrected chi connectivity index (χ3v) is 3.82. The van der Waals surface area contributed by atoms with Crippen molar-refractivity contribution < 1.29 is 0 Å². The summed E-state index contributed by atoms with van der Waals surface area (Å²) in [6, 6.07) is 6.81. The van der Waals surface area contributed by atoms with Gasteiger partial charge in [0.25, 0.3) is 0 Å². The van der Waals surface area contributed by atoms with Crippen molar-refractivity contribution in [2.24, 2.45) is 0 Å². The minimum absolute atomic E-state index is 0.751. The highest BCUT2D eigenvalue weighted by Gasteiger charge is 2.18. The summed E-state index contributed by atoms with van der Waals surface area (Å²) in [6.45, 7) is 6.37. The Morgan fingerprint density at radius 1 is 1.50 bits per heavy atom. The van der Waals surface area contributed by atoms with E-state index in [1.807, 2.05) is 0 Å². The molecule has 0 saturated heterocycles. The second kappa shape index (κ2) is 3.82. The Labute approximate surface area is 90.4 Å². The molecule has 74 valence electrons. The molecule has 1 heteroatoms. The predicted molar refractivity (Wildman–Crippen MR) is 65.7 cm³/mol. The Morgan fingerprint density at radius 2 is 2.29 bits per heavy atom. The van der Waals surface area contributed by atoms with Crippen LogP contribution >= 0.6 is 11.8 Å². The highest BCUT2D eigenvalue weighted by atomic mass is 32.2. The summed E-state index contributed by atoms with van der Waals surface area (Å²) < 4.78 is 0. The Hall–Kier alpha value is -0.690. The van der Waals surface area contributed by atoms with Gasteiger partial charge < -0.3 is 0 Å². The Morgan fingerprint density at radius 3 is 3.00 bits per heavy atom. The lowest BCUT2D eigenvalue weighted by Gasteiger charge is -2.07. The van der Waals surface area contributed by atoms with E-state index in [1.54, 1.807) is 17.3 Å². The molecule has 0 aliphatic heterocycles. The molecular formula is C13H16S. The van der Waals surface area contributed by atoms with Crippen LogP contribution in [0.25, 0.3) is 4.91 Å². The van der Waals surface area contributed by atoms with Gasteiger partial charge in [0.05, 0.1) is 0 Å². The van der Waals surface area contributed by atoms with Crippen molar-refractivity contribution in [2.75, 3.05) is 6.26 Å². The van der Waals surface area contributed by atoms with Gasteiger partial charge in [-0.05, 0) is 41.7 Å². The van der Waals surface area contributed by atoms with Crippen LogP contribution in [0.15, 0.2) is 24.8 Å².